The highest BCUT2D eigenvalue weighted by Crippen LogP contribution is 2.42. The second-order valence-electron chi connectivity index (χ2n) is 7.89. The molecule has 7 heteroatoms. The number of unbranched alkanes of at least 4 members (excludes halogenated alkanes) is 2. The molecule has 1 aliphatic rings. The van der Waals surface area contributed by atoms with Crippen molar-refractivity contribution in [3.63, 3.8) is 0 Å². The third-order valence-corrected chi connectivity index (χ3v) is 6.65. The number of ether oxygens (including phenoxy) is 2. The zero-order valence-corrected chi connectivity index (χ0v) is 19.7. The van der Waals surface area contributed by atoms with Gasteiger partial charge in [-0.2, -0.15) is 0 Å². The summed E-state index contributed by atoms with van der Waals surface area (Å²) in [5, 5.41) is 13.0. The maximum absolute atomic E-state index is 13.0. The van der Waals surface area contributed by atoms with E-state index in [0.717, 1.165) is 29.7 Å². The minimum absolute atomic E-state index is 0.134. The van der Waals surface area contributed by atoms with Crippen molar-refractivity contribution in [2.75, 3.05) is 26.9 Å². The number of ketones is 1. The summed E-state index contributed by atoms with van der Waals surface area (Å²) in [5.74, 6) is -0.690. The van der Waals surface area contributed by atoms with Crippen molar-refractivity contribution in [2.24, 2.45) is 0 Å². The van der Waals surface area contributed by atoms with Crippen LogP contribution in [0.5, 0.6) is 5.75 Å². The van der Waals surface area contributed by atoms with E-state index in [0.29, 0.717) is 37.5 Å². The van der Waals surface area contributed by atoms with Crippen LogP contribution in [0.3, 0.4) is 0 Å². The molecule has 0 saturated carbocycles. The number of aryl methyl sites for hydroxylation is 1. The Morgan fingerprint density at radius 3 is 2.47 bits per heavy atom. The summed E-state index contributed by atoms with van der Waals surface area (Å²) in [4.78, 5) is 28.3. The molecule has 6 nitrogen and oxygen atoms in total. The lowest BCUT2D eigenvalue weighted by Gasteiger charge is -2.24. The van der Waals surface area contributed by atoms with E-state index in [1.807, 2.05) is 18.4 Å². The van der Waals surface area contributed by atoms with E-state index in [4.69, 9.17) is 9.47 Å². The second kappa shape index (κ2) is 11.3. The lowest BCUT2D eigenvalue weighted by Crippen LogP contribution is -2.31. The quantitative estimate of drug-likeness (QED) is 0.220. The van der Waals surface area contributed by atoms with E-state index in [2.05, 4.69) is 6.92 Å². The zero-order valence-electron chi connectivity index (χ0n) is 18.9. The van der Waals surface area contributed by atoms with Crippen molar-refractivity contribution >= 4 is 28.8 Å². The van der Waals surface area contributed by atoms with Gasteiger partial charge in [0.2, 0.25) is 0 Å². The molecule has 1 atom stereocenters. The van der Waals surface area contributed by atoms with Crippen LogP contribution in [0.4, 0.5) is 0 Å². The summed E-state index contributed by atoms with van der Waals surface area (Å²) in [5.41, 5.74) is 1.61. The van der Waals surface area contributed by atoms with Gasteiger partial charge in [0.25, 0.3) is 11.7 Å². The van der Waals surface area contributed by atoms with Gasteiger partial charge in [-0.05, 0) is 61.0 Å². The summed E-state index contributed by atoms with van der Waals surface area (Å²) in [7, 11) is 1.60. The minimum atomic E-state index is -0.655. The molecule has 1 N–H and O–H groups in total. The lowest BCUT2D eigenvalue weighted by molar-refractivity contribution is -0.140. The number of aliphatic hydroxyl groups excluding tert-OH is 1. The third-order valence-electron chi connectivity index (χ3n) is 5.58. The number of benzene rings is 1. The number of aliphatic hydroxyl groups is 1. The van der Waals surface area contributed by atoms with Crippen LogP contribution in [0, 0.1) is 6.92 Å². The molecule has 2 aromatic rings. The summed E-state index contributed by atoms with van der Waals surface area (Å²) >= 11 is 1.48. The second-order valence-corrected chi connectivity index (χ2v) is 8.83. The summed E-state index contributed by atoms with van der Waals surface area (Å²) < 4.78 is 10.9. The maximum atomic E-state index is 13.0. The monoisotopic (exact) mass is 457 g/mol. The number of likely N-dealkylation sites (tertiary alicyclic amines) is 1. The fraction of sp³-hybridized carbons (Fsp3) is 0.440. The maximum Gasteiger partial charge on any atom is 0.295 e. The van der Waals surface area contributed by atoms with E-state index in [-0.39, 0.29) is 11.3 Å². The fourth-order valence-corrected chi connectivity index (χ4v) is 4.88. The molecule has 0 radical (unpaired) electrons. The third kappa shape index (κ3) is 5.22. The average molecular weight is 458 g/mol. The van der Waals surface area contributed by atoms with Crippen LogP contribution >= 0.6 is 11.3 Å². The van der Waals surface area contributed by atoms with Crippen LogP contribution in [-0.4, -0.2) is 48.6 Å². The zero-order chi connectivity index (χ0) is 23.1. The molecule has 3 rings (SSSR count). The predicted octanol–water partition coefficient (Wildman–Crippen LogP) is 5.08. The van der Waals surface area contributed by atoms with Gasteiger partial charge in [0.1, 0.15) is 11.5 Å². The molecule has 1 amide bonds. The summed E-state index contributed by atoms with van der Waals surface area (Å²) in [6.45, 7) is 5.60. The first-order valence-corrected chi connectivity index (χ1v) is 11.9. The van der Waals surface area contributed by atoms with E-state index in [1.165, 1.54) is 11.3 Å². The molecule has 1 aromatic heterocycles. The molecule has 0 aliphatic carbocycles. The smallest absolute Gasteiger partial charge is 0.295 e. The van der Waals surface area contributed by atoms with Crippen molar-refractivity contribution in [1.29, 1.82) is 0 Å². The van der Waals surface area contributed by atoms with Gasteiger partial charge in [0.05, 0.1) is 18.2 Å². The number of rotatable bonds is 11. The van der Waals surface area contributed by atoms with Crippen LogP contribution < -0.4 is 4.74 Å². The van der Waals surface area contributed by atoms with Crippen molar-refractivity contribution in [3.05, 3.63) is 57.3 Å². The van der Waals surface area contributed by atoms with Crippen LogP contribution in [0.1, 0.15) is 54.7 Å². The van der Waals surface area contributed by atoms with Crippen molar-refractivity contribution < 1.29 is 24.2 Å². The number of Topliss-reactive ketones (excluding diaryl/α,β-unsaturated/α-hetero) is 1. The van der Waals surface area contributed by atoms with Gasteiger partial charge in [0.15, 0.2) is 0 Å². The Morgan fingerprint density at radius 1 is 1.09 bits per heavy atom. The number of nitrogens with zero attached hydrogens (tertiary/aromatic N) is 1. The molecular weight excluding hydrogens is 426 g/mol. The molecule has 1 fully saturated rings. The molecule has 32 heavy (non-hydrogen) atoms. The topological polar surface area (TPSA) is 76.1 Å². The Labute approximate surface area is 193 Å². The first-order chi connectivity index (χ1) is 15.5. The highest BCUT2D eigenvalue weighted by atomic mass is 32.1. The van der Waals surface area contributed by atoms with Crippen LogP contribution in [0.2, 0.25) is 0 Å². The Bertz CT molecular complexity index is 963. The molecular formula is C25H31NO5S. The number of hydrogen-bond acceptors (Lipinski definition) is 6. The highest BCUT2D eigenvalue weighted by molar-refractivity contribution is 7.10. The summed E-state index contributed by atoms with van der Waals surface area (Å²) in [6, 6.07) is 8.36. The van der Waals surface area contributed by atoms with E-state index in [1.54, 1.807) is 36.3 Å². The number of thiophene rings is 1. The summed E-state index contributed by atoms with van der Waals surface area (Å²) in [6.07, 6.45) is 3.84. The van der Waals surface area contributed by atoms with Gasteiger partial charge in [-0.15, -0.1) is 11.3 Å². The molecule has 0 bridgehead atoms. The number of methoxy groups -OCH3 is 1. The molecule has 172 valence electrons. The number of amides is 1. The lowest BCUT2D eigenvalue weighted by atomic mass is 9.98. The van der Waals surface area contributed by atoms with Crippen LogP contribution in [0.25, 0.3) is 5.76 Å². The Balaban J connectivity index is 1.92. The van der Waals surface area contributed by atoms with E-state index in [9.17, 15) is 14.7 Å². The first-order valence-electron chi connectivity index (χ1n) is 11.0. The number of carbonyl (C=O) groups is 2. The van der Waals surface area contributed by atoms with Gasteiger partial charge in [-0.25, -0.2) is 0 Å². The van der Waals surface area contributed by atoms with Crippen LogP contribution in [0.15, 0.2) is 41.3 Å². The van der Waals surface area contributed by atoms with Gasteiger partial charge in [-0.1, -0.05) is 19.8 Å². The molecule has 1 unspecified atom stereocenters. The Hall–Kier alpha value is -2.64. The molecule has 1 aliphatic heterocycles. The fourth-order valence-electron chi connectivity index (χ4n) is 3.83. The number of carbonyl (C=O) groups excluding carboxylic acids is 2. The first kappa shape index (κ1) is 24.0. The SMILES string of the molecule is CCCCCOc1ccc(/C(O)=C2/C(=O)C(=O)N(CCCOC)C2c2sccc2C)cc1. The van der Waals surface area contributed by atoms with Crippen molar-refractivity contribution in [3.8, 4) is 5.75 Å². The largest absolute Gasteiger partial charge is 0.507 e. The normalized spacial score (nSPS) is 17.8. The predicted molar refractivity (Wildman–Crippen MR) is 126 cm³/mol. The van der Waals surface area contributed by atoms with Crippen LogP contribution in [-0.2, 0) is 14.3 Å². The molecule has 2 heterocycles. The molecule has 1 aromatic carbocycles. The average Bonchev–Trinajstić information content (AvgIpc) is 3.32. The van der Waals surface area contributed by atoms with Gasteiger partial charge in [0, 0.05) is 30.7 Å². The van der Waals surface area contributed by atoms with Crippen molar-refractivity contribution in [1.82, 2.24) is 4.90 Å². The van der Waals surface area contributed by atoms with E-state index >= 15 is 0 Å². The highest BCUT2D eigenvalue weighted by Gasteiger charge is 2.46. The number of hydrogen-bond donors (Lipinski definition) is 1. The van der Waals surface area contributed by atoms with Crippen molar-refractivity contribution in [2.45, 2.75) is 45.6 Å². The standard InChI is InChI=1S/C25H31NO5S/c1-4-5-6-15-31-19-10-8-18(9-11-19)22(27)20-21(24-17(2)12-16-32-24)26(13-7-14-30-3)25(29)23(20)28/h8-12,16,21,27H,4-7,13-15H2,1-3H3/b22-20-. The van der Waals surface area contributed by atoms with Gasteiger partial charge < -0.3 is 19.5 Å². The Morgan fingerprint density at radius 2 is 1.84 bits per heavy atom. The Kier molecular flexibility index (Phi) is 8.47. The van der Waals surface area contributed by atoms with E-state index < -0.39 is 17.7 Å². The van der Waals surface area contributed by atoms with Gasteiger partial charge in [-0.3, -0.25) is 9.59 Å². The molecule has 0 spiro atoms. The van der Waals surface area contributed by atoms with Gasteiger partial charge >= 0.3 is 0 Å². The minimum Gasteiger partial charge on any atom is -0.507 e. The molecule has 1 saturated heterocycles.